The highest BCUT2D eigenvalue weighted by Crippen LogP contribution is 2.18. The maximum absolute atomic E-state index is 11.8. The summed E-state index contributed by atoms with van der Waals surface area (Å²) >= 11 is 0. The number of pyridine rings is 1. The number of esters is 1. The van der Waals surface area contributed by atoms with Gasteiger partial charge in [-0.15, -0.1) is 0 Å². The molecule has 7 heteroatoms. The van der Waals surface area contributed by atoms with Crippen LogP contribution in [0, 0.1) is 0 Å². The first kappa shape index (κ1) is 16.3. The number of aromatic nitrogens is 1. The molecule has 0 unspecified atom stereocenters. The molecule has 0 saturated carbocycles. The predicted octanol–water partition coefficient (Wildman–Crippen LogP) is 1.89. The van der Waals surface area contributed by atoms with E-state index in [-0.39, 0.29) is 12.5 Å². The zero-order valence-corrected chi connectivity index (χ0v) is 12.7. The van der Waals surface area contributed by atoms with Gasteiger partial charge in [-0.2, -0.15) is 0 Å². The summed E-state index contributed by atoms with van der Waals surface area (Å²) in [7, 11) is 2.84. The van der Waals surface area contributed by atoms with E-state index in [9.17, 15) is 9.59 Å². The molecule has 0 fully saturated rings. The lowest BCUT2D eigenvalue weighted by Gasteiger charge is -2.08. The SMILES string of the molecule is COC(=O)c1ccc(NC(=O)COc2cccc(OC)c2)nc1. The lowest BCUT2D eigenvalue weighted by molar-refractivity contribution is -0.118. The number of rotatable bonds is 6. The van der Waals surface area contributed by atoms with Crippen molar-refractivity contribution in [3.63, 3.8) is 0 Å². The van der Waals surface area contributed by atoms with Crippen LogP contribution in [0.2, 0.25) is 0 Å². The van der Waals surface area contributed by atoms with Gasteiger partial charge in [0, 0.05) is 12.3 Å². The first-order valence-corrected chi connectivity index (χ1v) is 6.73. The minimum absolute atomic E-state index is 0.173. The Bertz CT molecular complexity index is 685. The summed E-state index contributed by atoms with van der Waals surface area (Å²) in [5, 5.41) is 2.57. The molecule has 1 amide bonds. The number of methoxy groups -OCH3 is 2. The molecule has 0 atom stereocenters. The van der Waals surface area contributed by atoms with Gasteiger partial charge in [-0.1, -0.05) is 6.07 Å². The van der Waals surface area contributed by atoms with E-state index < -0.39 is 5.97 Å². The second kappa shape index (κ2) is 7.79. The topological polar surface area (TPSA) is 86.8 Å². The third kappa shape index (κ3) is 4.70. The molecule has 0 bridgehead atoms. The molecular formula is C16H16N2O5. The van der Waals surface area contributed by atoms with Crippen molar-refractivity contribution >= 4 is 17.7 Å². The van der Waals surface area contributed by atoms with E-state index >= 15 is 0 Å². The number of ether oxygens (including phenoxy) is 3. The molecule has 7 nitrogen and oxygen atoms in total. The van der Waals surface area contributed by atoms with Crippen molar-refractivity contribution in [1.82, 2.24) is 4.98 Å². The van der Waals surface area contributed by atoms with E-state index in [0.29, 0.717) is 22.9 Å². The third-order valence-corrected chi connectivity index (χ3v) is 2.86. The highest BCUT2D eigenvalue weighted by molar-refractivity contribution is 5.92. The fourth-order valence-corrected chi connectivity index (χ4v) is 1.73. The summed E-state index contributed by atoms with van der Waals surface area (Å²) in [6.45, 7) is -0.173. The van der Waals surface area contributed by atoms with Gasteiger partial charge in [-0.25, -0.2) is 9.78 Å². The van der Waals surface area contributed by atoms with E-state index in [0.717, 1.165) is 0 Å². The summed E-state index contributed by atoms with van der Waals surface area (Å²) < 4.78 is 15.0. The van der Waals surface area contributed by atoms with Crippen LogP contribution < -0.4 is 14.8 Å². The lowest BCUT2D eigenvalue weighted by Crippen LogP contribution is -2.20. The highest BCUT2D eigenvalue weighted by atomic mass is 16.5. The van der Waals surface area contributed by atoms with E-state index in [4.69, 9.17) is 9.47 Å². The number of nitrogens with zero attached hydrogens (tertiary/aromatic N) is 1. The minimum atomic E-state index is -0.489. The molecule has 0 aliphatic heterocycles. The Kier molecular flexibility index (Phi) is 5.51. The van der Waals surface area contributed by atoms with Crippen molar-refractivity contribution in [2.24, 2.45) is 0 Å². The van der Waals surface area contributed by atoms with Crippen LogP contribution in [0.4, 0.5) is 5.82 Å². The molecule has 23 heavy (non-hydrogen) atoms. The maximum Gasteiger partial charge on any atom is 0.339 e. The Labute approximate surface area is 133 Å². The van der Waals surface area contributed by atoms with Gasteiger partial charge in [0.2, 0.25) is 0 Å². The molecule has 0 radical (unpaired) electrons. The van der Waals surface area contributed by atoms with Crippen LogP contribution in [-0.4, -0.2) is 37.7 Å². The second-order valence-electron chi connectivity index (χ2n) is 4.44. The van der Waals surface area contributed by atoms with Crippen LogP contribution in [0.15, 0.2) is 42.6 Å². The fourth-order valence-electron chi connectivity index (χ4n) is 1.73. The third-order valence-electron chi connectivity index (χ3n) is 2.86. The monoisotopic (exact) mass is 316 g/mol. The van der Waals surface area contributed by atoms with Gasteiger partial charge in [0.15, 0.2) is 6.61 Å². The van der Waals surface area contributed by atoms with Crippen LogP contribution in [0.25, 0.3) is 0 Å². The Morgan fingerprint density at radius 1 is 1.13 bits per heavy atom. The smallest absolute Gasteiger partial charge is 0.339 e. The molecule has 2 rings (SSSR count). The van der Waals surface area contributed by atoms with Gasteiger partial charge in [0.05, 0.1) is 19.8 Å². The van der Waals surface area contributed by atoms with Gasteiger partial charge in [0.25, 0.3) is 5.91 Å². The van der Waals surface area contributed by atoms with Crippen molar-refractivity contribution in [3.8, 4) is 11.5 Å². The zero-order chi connectivity index (χ0) is 16.7. The first-order valence-electron chi connectivity index (χ1n) is 6.73. The first-order chi connectivity index (χ1) is 11.1. The van der Waals surface area contributed by atoms with Crippen molar-refractivity contribution in [2.75, 3.05) is 26.1 Å². The normalized spacial score (nSPS) is 9.83. The average molecular weight is 316 g/mol. The molecule has 1 N–H and O–H groups in total. The molecular weight excluding hydrogens is 300 g/mol. The zero-order valence-electron chi connectivity index (χ0n) is 12.7. The van der Waals surface area contributed by atoms with Crippen molar-refractivity contribution < 1.29 is 23.8 Å². The van der Waals surface area contributed by atoms with Gasteiger partial charge in [0.1, 0.15) is 17.3 Å². The van der Waals surface area contributed by atoms with Gasteiger partial charge < -0.3 is 19.5 Å². The minimum Gasteiger partial charge on any atom is -0.497 e. The molecule has 1 aromatic heterocycles. The molecule has 0 spiro atoms. The largest absolute Gasteiger partial charge is 0.497 e. The van der Waals surface area contributed by atoms with Gasteiger partial charge in [-0.05, 0) is 24.3 Å². The van der Waals surface area contributed by atoms with Crippen LogP contribution in [0.5, 0.6) is 11.5 Å². The summed E-state index contributed by atoms with van der Waals surface area (Å²) in [4.78, 5) is 27.1. The van der Waals surface area contributed by atoms with Crippen molar-refractivity contribution in [1.29, 1.82) is 0 Å². The van der Waals surface area contributed by atoms with Crippen molar-refractivity contribution in [3.05, 3.63) is 48.2 Å². The average Bonchev–Trinajstić information content (AvgIpc) is 2.60. The Hall–Kier alpha value is -3.09. The Balaban J connectivity index is 1.88. The molecule has 0 saturated heterocycles. The molecule has 0 aliphatic carbocycles. The fraction of sp³-hybridized carbons (Fsp3) is 0.188. The Morgan fingerprint density at radius 2 is 1.91 bits per heavy atom. The maximum atomic E-state index is 11.8. The molecule has 1 aromatic carbocycles. The van der Waals surface area contributed by atoms with E-state index in [1.807, 2.05) is 0 Å². The Morgan fingerprint density at radius 3 is 2.57 bits per heavy atom. The quantitative estimate of drug-likeness (QED) is 0.819. The summed E-state index contributed by atoms with van der Waals surface area (Å²) in [6.07, 6.45) is 1.32. The molecule has 0 aliphatic rings. The number of carbonyl (C=O) groups excluding carboxylic acids is 2. The molecule has 2 aromatic rings. The summed E-state index contributed by atoms with van der Waals surface area (Å²) in [5.41, 5.74) is 0.304. The highest BCUT2D eigenvalue weighted by Gasteiger charge is 2.08. The molecule has 1 heterocycles. The van der Waals surface area contributed by atoms with Crippen molar-refractivity contribution in [2.45, 2.75) is 0 Å². The van der Waals surface area contributed by atoms with Gasteiger partial charge >= 0.3 is 5.97 Å². The number of amides is 1. The van der Waals surface area contributed by atoms with E-state index in [2.05, 4.69) is 15.0 Å². The van der Waals surface area contributed by atoms with Crippen LogP contribution >= 0.6 is 0 Å². The number of hydrogen-bond acceptors (Lipinski definition) is 6. The number of benzene rings is 1. The number of anilines is 1. The van der Waals surface area contributed by atoms with Crippen LogP contribution in [-0.2, 0) is 9.53 Å². The number of hydrogen-bond donors (Lipinski definition) is 1. The van der Waals surface area contributed by atoms with E-state index in [1.165, 1.54) is 25.4 Å². The summed E-state index contributed by atoms with van der Waals surface area (Å²) in [5.74, 6) is 0.622. The number of carbonyl (C=O) groups is 2. The molecule has 120 valence electrons. The van der Waals surface area contributed by atoms with Crippen LogP contribution in [0.1, 0.15) is 10.4 Å². The standard InChI is InChI=1S/C16H16N2O5/c1-21-12-4-3-5-13(8-12)23-10-15(19)18-14-7-6-11(9-17-14)16(20)22-2/h3-9H,10H2,1-2H3,(H,17,18,19). The lowest BCUT2D eigenvalue weighted by atomic mass is 10.3. The predicted molar refractivity (Wildman–Crippen MR) is 82.7 cm³/mol. The number of nitrogens with one attached hydrogen (secondary N) is 1. The van der Waals surface area contributed by atoms with E-state index in [1.54, 1.807) is 31.4 Å². The summed E-state index contributed by atoms with van der Waals surface area (Å²) in [6, 6.07) is 9.96. The van der Waals surface area contributed by atoms with Gasteiger partial charge in [-0.3, -0.25) is 4.79 Å². The second-order valence-corrected chi connectivity index (χ2v) is 4.44. The van der Waals surface area contributed by atoms with Crippen LogP contribution in [0.3, 0.4) is 0 Å².